The topological polar surface area (TPSA) is 50.4 Å². The fourth-order valence-electron chi connectivity index (χ4n) is 5.39. The predicted octanol–water partition coefficient (Wildman–Crippen LogP) is 1.84. The molecule has 0 aromatic carbocycles. The molecule has 0 aromatic heterocycles. The van der Waals surface area contributed by atoms with Gasteiger partial charge < -0.3 is 15.4 Å². The Labute approximate surface area is 127 Å². The van der Waals surface area contributed by atoms with Gasteiger partial charge in [-0.05, 0) is 31.6 Å². The third-order valence-electron chi connectivity index (χ3n) is 6.58. The van der Waals surface area contributed by atoms with Crippen molar-refractivity contribution in [2.75, 3.05) is 6.61 Å². The quantitative estimate of drug-likeness (QED) is 0.816. The first-order valence-corrected chi connectivity index (χ1v) is 8.75. The molecular weight excluding hydrogens is 264 g/mol. The molecule has 0 aromatic rings. The first-order chi connectivity index (χ1) is 10.1. The summed E-state index contributed by atoms with van der Waals surface area (Å²) in [6.07, 6.45) is 7.70. The van der Waals surface area contributed by atoms with Crippen molar-refractivity contribution < 1.29 is 9.53 Å². The van der Waals surface area contributed by atoms with Crippen molar-refractivity contribution in [2.24, 2.45) is 17.3 Å². The summed E-state index contributed by atoms with van der Waals surface area (Å²) in [5.74, 6) is 1.49. The molecule has 2 N–H and O–H groups in total. The van der Waals surface area contributed by atoms with Crippen LogP contribution in [-0.2, 0) is 9.53 Å². The number of rotatable bonds is 2. The van der Waals surface area contributed by atoms with Crippen LogP contribution in [0.5, 0.6) is 0 Å². The number of amides is 1. The van der Waals surface area contributed by atoms with Crippen LogP contribution in [0.4, 0.5) is 0 Å². The molecule has 4 nitrogen and oxygen atoms in total. The van der Waals surface area contributed by atoms with E-state index in [9.17, 15) is 4.79 Å². The van der Waals surface area contributed by atoms with E-state index >= 15 is 0 Å². The Morgan fingerprint density at radius 3 is 2.86 bits per heavy atom. The highest BCUT2D eigenvalue weighted by molar-refractivity contribution is 5.82. The number of nitrogens with one attached hydrogen (secondary N) is 2. The molecule has 21 heavy (non-hydrogen) atoms. The van der Waals surface area contributed by atoms with Gasteiger partial charge in [-0.1, -0.05) is 26.7 Å². The maximum absolute atomic E-state index is 12.7. The van der Waals surface area contributed by atoms with Crippen LogP contribution >= 0.6 is 0 Å². The minimum Gasteiger partial charge on any atom is -0.377 e. The minimum atomic E-state index is 0.0373. The summed E-state index contributed by atoms with van der Waals surface area (Å²) < 4.78 is 5.81. The summed E-state index contributed by atoms with van der Waals surface area (Å²) >= 11 is 0. The van der Waals surface area contributed by atoms with Crippen LogP contribution in [0.25, 0.3) is 0 Å². The first-order valence-electron chi connectivity index (χ1n) is 8.75. The third kappa shape index (κ3) is 2.14. The summed E-state index contributed by atoms with van der Waals surface area (Å²) in [5.41, 5.74) is 0.0855. The van der Waals surface area contributed by atoms with E-state index < -0.39 is 0 Å². The average molecular weight is 292 g/mol. The van der Waals surface area contributed by atoms with Crippen LogP contribution < -0.4 is 10.6 Å². The fourth-order valence-corrected chi connectivity index (χ4v) is 5.39. The molecule has 4 rings (SSSR count). The first kappa shape index (κ1) is 14.0. The van der Waals surface area contributed by atoms with Crippen LogP contribution in [0.15, 0.2) is 0 Å². The van der Waals surface area contributed by atoms with Crippen molar-refractivity contribution in [3.05, 3.63) is 0 Å². The Balaban J connectivity index is 1.38. The van der Waals surface area contributed by atoms with Gasteiger partial charge in [0.05, 0.1) is 12.1 Å². The monoisotopic (exact) mass is 292 g/mol. The standard InChI is InChI=1S/C17H28N2O2/c1-17(2)14(11-7-8-21-15(11)17)19-16(20)13-9-10-5-3-4-6-12(10)18-13/h10-15,18H,3-9H2,1-2H3,(H,19,20). The van der Waals surface area contributed by atoms with Gasteiger partial charge in [-0.2, -0.15) is 0 Å². The lowest BCUT2D eigenvalue weighted by Gasteiger charge is -2.54. The summed E-state index contributed by atoms with van der Waals surface area (Å²) in [4.78, 5) is 12.7. The van der Waals surface area contributed by atoms with Crippen LogP contribution in [-0.4, -0.2) is 36.7 Å². The van der Waals surface area contributed by atoms with Crippen molar-refractivity contribution in [3.8, 4) is 0 Å². The van der Waals surface area contributed by atoms with E-state index in [4.69, 9.17) is 4.74 Å². The van der Waals surface area contributed by atoms with Crippen molar-refractivity contribution in [1.82, 2.24) is 10.6 Å². The highest BCUT2D eigenvalue weighted by atomic mass is 16.5. The second kappa shape index (κ2) is 4.95. The van der Waals surface area contributed by atoms with Crippen molar-refractivity contribution in [2.45, 2.75) is 76.6 Å². The number of hydrogen-bond acceptors (Lipinski definition) is 3. The van der Waals surface area contributed by atoms with Gasteiger partial charge in [0.1, 0.15) is 0 Å². The molecule has 4 fully saturated rings. The molecule has 0 spiro atoms. The van der Waals surface area contributed by atoms with E-state index in [0.717, 1.165) is 25.4 Å². The zero-order chi connectivity index (χ0) is 14.6. The largest absolute Gasteiger partial charge is 0.377 e. The Kier molecular flexibility index (Phi) is 3.30. The Hall–Kier alpha value is -0.610. The summed E-state index contributed by atoms with van der Waals surface area (Å²) in [6, 6.07) is 0.920. The molecular formula is C17H28N2O2. The molecule has 4 aliphatic rings. The molecule has 118 valence electrons. The van der Waals surface area contributed by atoms with Gasteiger partial charge in [0.15, 0.2) is 0 Å². The van der Waals surface area contributed by atoms with Gasteiger partial charge in [0.25, 0.3) is 0 Å². The minimum absolute atomic E-state index is 0.0373. The van der Waals surface area contributed by atoms with Crippen molar-refractivity contribution in [1.29, 1.82) is 0 Å². The number of ether oxygens (including phenoxy) is 1. The fraction of sp³-hybridized carbons (Fsp3) is 0.941. The van der Waals surface area contributed by atoms with Gasteiger partial charge >= 0.3 is 0 Å². The second-order valence-corrected chi connectivity index (χ2v) is 8.16. The molecule has 0 bridgehead atoms. The number of carbonyl (C=O) groups excluding carboxylic acids is 1. The maximum atomic E-state index is 12.7. The molecule has 6 atom stereocenters. The molecule has 2 aliphatic heterocycles. The molecule has 1 amide bonds. The van der Waals surface area contributed by atoms with Crippen molar-refractivity contribution >= 4 is 5.91 Å². The number of hydrogen-bond donors (Lipinski definition) is 2. The molecule has 0 radical (unpaired) electrons. The van der Waals surface area contributed by atoms with E-state index in [1.807, 2.05) is 0 Å². The molecule has 4 heteroatoms. The van der Waals surface area contributed by atoms with Gasteiger partial charge in [-0.25, -0.2) is 0 Å². The van der Waals surface area contributed by atoms with E-state index in [-0.39, 0.29) is 17.4 Å². The zero-order valence-corrected chi connectivity index (χ0v) is 13.2. The normalized spacial score (nSPS) is 47.3. The molecule has 2 saturated heterocycles. The van der Waals surface area contributed by atoms with Crippen LogP contribution in [0, 0.1) is 17.3 Å². The second-order valence-electron chi connectivity index (χ2n) is 8.16. The van der Waals surface area contributed by atoms with E-state index in [0.29, 0.717) is 24.1 Å². The third-order valence-corrected chi connectivity index (χ3v) is 6.58. The Morgan fingerprint density at radius 1 is 1.24 bits per heavy atom. The lowest BCUT2D eigenvalue weighted by molar-refractivity contribution is -0.139. The highest BCUT2D eigenvalue weighted by Crippen LogP contribution is 2.52. The van der Waals surface area contributed by atoms with Crippen LogP contribution in [0.2, 0.25) is 0 Å². The van der Waals surface area contributed by atoms with Gasteiger partial charge in [0.2, 0.25) is 5.91 Å². The summed E-state index contributed by atoms with van der Waals surface area (Å²) in [6.45, 7) is 5.32. The van der Waals surface area contributed by atoms with Crippen molar-refractivity contribution in [3.63, 3.8) is 0 Å². The van der Waals surface area contributed by atoms with Crippen LogP contribution in [0.3, 0.4) is 0 Å². The van der Waals surface area contributed by atoms with E-state index in [1.165, 1.54) is 25.7 Å². The van der Waals surface area contributed by atoms with Gasteiger partial charge in [-0.3, -0.25) is 4.79 Å². The lowest BCUT2D eigenvalue weighted by Crippen LogP contribution is -2.68. The average Bonchev–Trinajstić information content (AvgIpc) is 3.09. The maximum Gasteiger partial charge on any atom is 0.237 e. The lowest BCUT2D eigenvalue weighted by atomic mass is 9.57. The van der Waals surface area contributed by atoms with Crippen LogP contribution in [0.1, 0.15) is 52.4 Å². The summed E-state index contributed by atoms with van der Waals surface area (Å²) in [5, 5.41) is 6.94. The van der Waals surface area contributed by atoms with Gasteiger partial charge in [-0.15, -0.1) is 0 Å². The van der Waals surface area contributed by atoms with E-state index in [2.05, 4.69) is 24.5 Å². The Bertz CT molecular complexity index is 423. The molecule has 6 unspecified atom stereocenters. The van der Waals surface area contributed by atoms with Gasteiger partial charge in [0, 0.05) is 30.0 Å². The van der Waals surface area contributed by atoms with E-state index in [1.54, 1.807) is 0 Å². The smallest absolute Gasteiger partial charge is 0.237 e. The number of carbonyl (C=O) groups is 1. The zero-order valence-electron chi connectivity index (χ0n) is 13.2. The SMILES string of the molecule is CC1(C)C(NC(=O)C2CC3CCCCC3N2)C2CCOC21. The summed E-state index contributed by atoms with van der Waals surface area (Å²) in [7, 11) is 0. The molecule has 2 saturated carbocycles. The number of fused-ring (bicyclic) bond motifs is 2. The Morgan fingerprint density at radius 2 is 2.05 bits per heavy atom. The molecule has 2 heterocycles. The molecule has 2 aliphatic carbocycles. The predicted molar refractivity (Wildman–Crippen MR) is 80.8 cm³/mol. The highest BCUT2D eigenvalue weighted by Gasteiger charge is 2.60.